The number of halogens is 4. The molecule has 0 bridgehead atoms. The summed E-state index contributed by atoms with van der Waals surface area (Å²) in [6, 6.07) is 16.7. The van der Waals surface area contributed by atoms with Crippen LogP contribution in [0.2, 0.25) is 0 Å². The Morgan fingerprint density at radius 2 is 1.35 bits per heavy atom. The Morgan fingerprint density at radius 1 is 0.784 bits per heavy atom. The number of carbonyl (C=O) groups is 4. The van der Waals surface area contributed by atoms with Crippen molar-refractivity contribution in [3.63, 3.8) is 0 Å². The van der Waals surface area contributed by atoms with E-state index in [1.165, 1.54) is 18.2 Å². The average molecular weight is 570 g/mol. The summed E-state index contributed by atoms with van der Waals surface area (Å²) < 4.78 is 48.3. The molecule has 3 aromatic rings. The van der Waals surface area contributed by atoms with Crippen molar-refractivity contribution in [3.05, 3.63) is 99.5 Å². The minimum atomic E-state index is -4.86. The fourth-order valence-corrected chi connectivity index (χ4v) is 5.88. The molecule has 2 saturated heterocycles. The molecule has 10 heteroatoms. The fraction of sp³-hybridized carbons (Fsp3) is 0.185. The van der Waals surface area contributed by atoms with E-state index >= 15 is 0 Å². The lowest BCUT2D eigenvalue weighted by molar-refractivity contribution is -0.137. The van der Waals surface area contributed by atoms with Crippen LogP contribution in [0, 0.1) is 11.8 Å². The number of hydrogen-bond donors (Lipinski definition) is 0. The summed E-state index contributed by atoms with van der Waals surface area (Å²) in [6.45, 7) is 0. The van der Waals surface area contributed by atoms with Gasteiger partial charge in [-0.1, -0.05) is 64.5 Å². The molecule has 0 N–H and O–H groups in total. The van der Waals surface area contributed by atoms with E-state index in [4.69, 9.17) is 4.74 Å². The molecule has 186 valence electrons. The van der Waals surface area contributed by atoms with Crippen molar-refractivity contribution in [2.24, 2.45) is 11.8 Å². The van der Waals surface area contributed by atoms with E-state index in [2.05, 4.69) is 15.9 Å². The van der Waals surface area contributed by atoms with Crippen LogP contribution in [-0.2, 0) is 20.5 Å². The van der Waals surface area contributed by atoms with Crippen LogP contribution >= 0.6 is 15.9 Å². The Bertz CT molecular complexity index is 1480. The van der Waals surface area contributed by atoms with E-state index in [0.29, 0.717) is 14.9 Å². The van der Waals surface area contributed by atoms with Crippen LogP contribution < -0.4 is 4.90 Å². The lowest BCUT2D eigenvalue weighted by atomic mass is 9.77. The molecule has 2 heterocycles. The first-order valence-electron chi connectivity index (χ1n) is 11.2. The molecule has 0 saturated carbocycles. The molecule has 37 heavy (non-hydrogen) atoms. The summed E-state index contributed by atoms with van der Waals surface area (Å²) in [5.41, 5.74) is -3.72. The molecule has 0 unspecified atom stereocenters. The maximum absolute atomic E-state index is 13.9. The predicted octanol–water partition coefficient (Wildman–Crippen LogP) is 5.16. The molecule has 1 spiro atoms. The number of Topliss-reactive ketones (excluding diaryl/α,β-unsaturated/α-hetero) is 2. The van der Waals surface area contributed by atoms with Crippen LogP contribution in [0.5, 0.6) is 0 Å². The van der Waals surface area contributed by atoms with Crippen LogP contribution in [0.25, 0.3) is 0 Å². The summed E-state index contributed by atoms with van der Waals surface area (Å²) in [5.74, 6) is -6.64. The Hall–Kier alpha value is -3.63. The van der Waals surface area contributed by atoms with Crippen molar-refractivity contribution in [2.75, 3.05) is 4.90 Å². The summed E-state index contributed by atoms with van der Waals surface area (Å²) in [4.78, 5) is 55.5. The molecule has 2 aliphatic heterocycles. The highest BCUT2D eigenvalue weighted by atomic mass is 79.9. The Kier molecular flexibility index (Phi) is 5.09. The highest BCUT2D eigenvalue weighted by molar-refractivity contribution is 9.10. The zero-order chi connectivity index (χ0) is 26.3. The van der Waals surface area contributed by atoms with Gasteiger partial charge in [0.2, 0.25) is 29.0 Å². The van der Waals surface area contributed by atoms with E-state index in [9.17, 15) is 32.3 Å². The highest BCUT2D eigenvalue weighted by Crippen LogP contribution is 2.58. The number of benzene rings is 3. The molecule has 3 aromatic carbocycles. The number of alkyl halides is 3. The normalized spacial score (nSPS) is 24.2. The van der Waals surface area contributed by atoms with Crippen LogP contribution in [0.4, 0.5) is 18.9 Å². The van der Waals surface area contributed by atoms with Gasteiger partial charge in [0.05, 0.1) is 29.2 Å². The zero-order valence-corrected chi connectivity index (χ0v) is 20.2. The number of ether oxygens (including phenoxy) is 1. The highest BCUT2D eigenvalue weighted by Gasteiger charge is 2.75. The lowest BCUT2D eigenvalue weighted by Crippen LogP contribution is -2.51. The topological polar surface area (TPSA) is 80.8 Å². The van der Waals surface area contributed by atoms with Gasteiger partial charge < -0.3 is 4.74 Å². The quantitative estimate of drug-likeness (QED) is 0.314. The van der Waals surface area contributed by atoms with Crippen molar-refractivity contribution >= 4 is 45.0 Å². The third-order valence-corrected chi connectivity index (χ3v) is 7.70. The second kappa shape index (κ2) is 7.93. The molecular formula is C27H15BrF3NO5. The van der Waals surface area contributed by atoms with Crippen LogP contribution in [-0.4, -0.2) is 29.0 Å². The van der Waals surface area contributed by atoms with Crippen molar-refractivity contribution < 1.29 is 37.1 Å². The minimum absolute atomic E-state index is 0.0390. The smallest absolute Gasteiger partial charge is 0.349 e. The lowest BCUT2D eigenvalue weighted by Gasteiger charge is -2.28. The largest absolute Gasteiger partial charge is 0.418 e. The molecule has 2 fully saturated rings. The number of nitrogens with zero attached hydrogens (tertiary/aromatic N) is 1. The van der Waals surface area contributed by atoms with Gasteiger partial charge in [-0.15, -0.1) is 0 Å². The number of ketones is 2. The summed E-state index contributed by atoms with van der Waals surface area (Å²) in [5, 5.41) is 0. The Labute approximate surface area is 216 Å². The first kappa shape index (κ1) is 23.7. The van der Waals surface area contributed by atoms with Gasteiger partial charge in [-0.2, -0.15) is 13.2 Å². The third-order valence-electron chi connectivity index (χ3n) is 7.17. The van der Waals surface area contributed by atoms with E-state index in [1.807, 2.05) is 0 Å². The second-order valence-corrected chi connectivity index (χ2v) is 9.98. The molecule has 1 aliphatic carbocycles. The number of para-hydroxylation sites is 1. The SMILES string of the molecule is O=C1[C@H]2[C@@H](C(=O)N1c1ccccc1C(F)(F)F)C1(O[C@H]2c2ccc(Br)cc2)C(=O)c2ccccc2C1=O. The summed E-state index contributed by atoms with van der Waals surface area (Å²) in [6.07, 6.45) is -6.08. The first-order chi connectivity index (χ1) is 17.6. The molecule has 0 radical (unpaired) electrons. The number of rotatable bonds is 2. The number of amides is 2. The van der Waals surface area contributed by atoms with Crippen molar-refractivity contribution in [2.45, 2.75) is 17.9 Å². The minimum Gasteiger partial charge on any atom is -0.349 e. The van der Waals surface area contributed by atoms with E-state index in [-0.39, 0.29) is 11.1 Å². The maximum Gasteiger partial charge on any atom is 0.418 e. The predicted molar refractivity (Wildman–Crippen MR) is 127 cm³/mol. The molecule has 2 amide bonds. The number of fused-ring (bicyclic) bond motifs is 3. The van der Waals surface area contributed by atoms with Crippen LogP contribution in [0.1, 0.15) is 37.9 Å². The van der Waals surface area contributed by atoms with Gasteiger partial charge in [0, 0.05) is 15.6 Å². The third kappa shape index (κ3) is 3.15. The standard InChI is InChI=1S/C27H15BrF3NO5/c28-14-11-9-13(10-12-14)21-19-20(26(37-21)22(33)15-5-1-2-6-16(15)23(26)34)25(36)32(24(19)35)18-8-4-3-7-17(18)27(29,30)31/h1-12,19-21H/t19-,20-,21-/m0/s1. The van der Waals surface area contributed by atoms with Gasteiger partial charge in [0.15, 0.2) is 0 Å². The molecule has 0 aromatic heterocycles. The zero-order valence-electron chi connectivity index (χ0n) is 18.7. The van der Waals surface area contributed by atoms with Gasteiger partial charge in [0.25, 0.3) is 0 Å². The van der Waals surface area contributed by atoms with Gasteiger partial charge in [-0.25, -0.2) is 4.90 Å². The van der Waals surface area contributed by atoms with Crippen molar-refractivity contribution in [3.8, 4) is 0 Å². The van der Waals surface area contributed by atoms with Gasteiger partial charge in [-0.05, 0) is 29.8 Å². The van der Waals surface area contributed by atoms with Gasteiger partial charge in [-0.3, -0.25) is 19.2 Å². The van der Waals surface area contributed by atoms with E-state index < -0.39 is 64.3 Å². The number of carbonyl (C=O) groups excluding carboxylic acids is 4. The Balaban J connectivity index is 1.56. The van der Waals surface area contributed by atoms with E-state index in [0.717, 1.165) is 18.2 Å². The summed E-state index contributed by atoms with van der Waals surface area (Å²) >= 11 is 3.31. The molecular weight excluding hydrogens is 555 g/mol. The molecule has 6 nitrogen and oxygen atoms in total. The summed E-state index contributed by atoms with van der Waals surface area (Å²) in [7, 11) is 0. The number of hydrogen-bond acceptors (Lipinski definition) is 5. The fourth-order valence-electron chi connectivity index (χ4n) is 5.62. The van der Waals surface area contributed by atoms with Gasteiger partial charge >= 0.3 is 6.18 Å². The molecule has 6 rings (SSSR count). The molecule has 3 atom stereocenters. The first-order valence-corrected chi connectivity index (χ1v) is 12.0. The van der Waals surface area contributed by atoms with Crippen molar-refractivity contribution in [1.82, 2.24) is 0 Å². The number of anilines is 1. The monoisotopic (exact) mass is 569 g/mol. The average Bonchev–Trinajstić information content (AvgIpc) is 3.44. The molecule has 3 aliphatic rings. The van der Waals surface area contributed by atoms with Crippen LogP contribution in [0.15, 0.2) is 77.3 Å². The number of imide groups is 1. The Morgan fingerprint density at radius 3 is 1.95 bits per heavy atom. The maximum atomic E-state index is 13.9. The van der Waals surface area contributed by atoms with Crippen molar-refractivity contribution in [1.29, 1.82) is 0 Å². The van der Waals surface area contributed by atoms with Crippen LogP contribution in [0.3, 0.4) is 0 Å². The second-order valence-electron chi connectivity index (χ2n) is 9.06. The van der Waals surface area contributed by atoms with E-state index in [1.54, 1.807) is 36.4 Å². The van der Waals surface area contributed by atoms with Gasteiger partial charge in [0.1, 0.15) is 0 Å².